The van der Waals surface area contributed by atoms with Crippen molar-refractivity contribution in [3.05, 3.63) is 105 Å². The molecule has 0 radical (unpaired) electrons. The van der Waals surface area contributed by atoms with Crippen molar-refractivity contribution in [3.8, 4) is 5.75 Å². The number of fused-ring (bicyclic) bond motifs is 2. The summed E-state index contributed by atoms with van der Waals surface area (Å²) in [4.78, 5) is 35.2. The minimum atomic E-state index is -0.507. The molecule has 0 spiro atoms. The maximum absolute atomic E-state index is 12.4. The molecule has 0 saturated carbocycles. The molecule has 0 atom stereocenters. The van der Waals surface area contributed by atoms with Gasteiger partial charge in [0.25, 0.3) is 0 Å². The first-order chi connectivity index (χ1) is 15.6. The molecule has 2 heterocycles. The highest BCUT2D eigenvalue weighted by molar-refractivity contribution is 5.95. The molecule has 0 unspecified atom stereocenters. The Morgan fingerprint density at radius 3 is 2.59 bits per heavy atom. The zero-order chi connectivity index (χ0) is 22.2. The molecule has 0 saturated heterocycles. The minimum Gasteiger partial charge on any atom is -0.497 e. The van der Waals surface area contributed by atoms with Gasteiger partial charge >= 0.3 is 0 Å². The molecule has 0 N–H and O–H groups in total. The van der Waals surface area contributed by atoms with Crippen LogP contribution in [0.3, 0.4) is 0 Å². The number of hydrogen-bond acceptors (Lipinski definition) is 6. The van der Waals surface area contributed by atoms with Gasteiger partial charge in [0, 0.05) is 23.0 Å². The summed E-state index contributed by atoms with van der Waals surface area (Å²) in [5.41, 5.74) is 3.46. The number of hydrogen-bond donors (Lipinski definition) is 0. The average molecular weight is 421 g/mol. The second-order valence-corrected chi connectivity index (χ2v) is 7.44. The highest BCUT2D eigenvalue weighted by Crippen LogP contribution is 2.33. The lowest BCUT2D eigenvalue weighted by atomic mass is 10.1. The van der Waals surface area contributed by atoms with Crippen LogP contribution in [-0.2, 0) is 6.54 Å². The van der Waals surface area contributed by atoms with Crippen LogP contribution in [-0.4, -0.2) is 17.1 Å². The second-order valence-electron chi connectivity index (χ2n) is 7.44. The van der Waals surface area contributed by atoms with Gasteiger partial charge in [-0.2, -0.15) is 0 Å². The van der Waals surface area contributed by atoms with Crippen molar-refractivity contribution in [2.75, 3.05) is 12.0 Å². The van der Waals surface area contributed by atoms with Gasteiger partial charge in [0.05, 0.1) is 41.8 Å². The third-order valence-electron chi connectivity index (χ3n) is 5.59. The molecule has 0 aliphatic carbocycles. The van der Waals surface area contributed by atoms with Crippen molar-refractivity contribution >= 4 is 39.3 Å². The third-order valence-corrected chi connectivity index (χ3v) is 5.59. The van der Waals surface area contributed by atoms with Crippen LogP contribution in [0.2, 0.25) is 0 Å². The lowest BCUT2D eigenvalue weighted by Crippen LogP contribution is -2.37. The maximum atomic E-state index is 12.4. The highest BCUT2D eigenvalue weighted by Gasteiger charge is 2.22. The minimum absolute atomic E-state index is 0.315. The molecule has 0 aliphatic heterocycles. The zero-order valence-electron chi connectivity index (χ0n) is 17.4. The van der Waals surface area contributed by atoms with Gasteiger partial charge < -0.3 is 9.64 Å². The molecule has 156 valence electrons. The van der Waals surface area contributed by atoms with E-state index in [1.54, 1.807) is 19.4 Å². The summed E-state index contributed by atoms with van der Waals surface area (Å²) in [6.07, 6.45) is 3.49. The number of aromatic nitrogens is 2. The van der Waals surface area contributed by atoms with Crippen molar-refractivity contribution in [1.82, 2.24) is 9.97 Å². The van der Waals surface area contributed by atoms with E-state index in [4.69, 9.17) is 9.72 Å². The molecule has 0 amide bonds. The summed E-state index contributed by atoms with van der Waals surface area (Å²) >= 11 is 0. The number of rotatable bonds is 6. The Morgan fingerprint density at radius 2 is 1.84 bits per heavy atom. The quantitative estimate of drug-likeness (QED) is 0.379. The van der Waals surface area contributed by atoms with Crippen LogP contribution in [0.25, 0.3) is 27.9 Å². The van der Waals surface area contributed by atoms with Gasteiger partial charge in [-0.05, 0) is 42.0 Å². The van der Waals surface area contributed by atoms with E-state index in [0.29, 0.717) is 18.0 Å². The molecule has 0 aliphatic rings. The van der Waals surface area contributed by atoms with Gasteiger partial charge in [-0.3, -0.25) is 19.6 Å². The standard InChI is InChI=1S/C26H19N3O3/c1-3-16-5-4-6-22-19(16)9-7-17(28-22)15-29(24-14-25(30)26(24)31)23-11-12-27-21-10-8-18(32-2)13-20(21)23/h3-14H,1,15H2,2H3. The summed E-state index contributed by atoms with van der Waals surface area (Å²) in [5.74, 6) is 0.678. The first kappa shape index (κ1) is 19.6. The number of benzene rings is 2. The monoisotopic (exact) mass is 421 g/mol. The van der Waals surface area contributed by atoms with Crippen molar-refractivity contribution in [2.45, 2.75) is 6.54 Å². The number of methoxy groups -OCH3 is 1. The lowest BCUT2D eigenvalue weighted by Gasteiger charge is -2.26. The van der Waals surface area contributed by atoms with Gasteiger partial charge in [0.15, 0.2) is 0 Å². The topological polar surface area (TPSA) is 72.4 Å². The van der Waals surface area contributed by atoms with Gasteiger partial charge in [-0.15, -0.1) is 0 Å². The number of nitrogens with zero attached hydrogens (tertiary/aromatic N) is 3. The zero-order valence-corrected chi connectivity index (χ0v) is 17.4. The molecule has 6 heteroatoms. The largest absolute Gasteiger partial charge is 0.497 e. The number of anilines is 2. The van der Waals surface area contributed by atoms with Gasteiger partial charge in [0.1, 0.15) is 5.75 Å². The molecule has 5 aromatic rings. The first-order valence-electron chi connectivity index (χ1n) is 10.1. The molecule has 2 aromatic heterocycles. The Kier molecular flexibility index (Phi) is 4.75. The fourth-order valence-corrected chi connectivity index (χ4v) is 3.93. The Hall–Kier alpha value is -4.32. The summed E-state index contributed by atoms with van der Waals surface area (Å²) in [6.45, 7) is 4.18. The van der Waals surface area contributed by atoms with E-state index in [-0.39, 0.29) is 0 Å². The fraction of sp³-hybridized carbons (Fsp3) is 0.0769. The smallest absolute Gasteiger partial charge is 0.249 e. The SMILES string of the molecule is C=Cc1cccc2nc(CN(c3cc(=O)c3=O)c3ccnc4ccc(OC)cc34)ccc12. The molecular weight excluding hydrogens is 402 g/mol. The van der Waals surface area contributed by atoms with Crippen molar-refractivity contribution in [3.63, 3.8) is 0 Å². The number of ether oxygens (including phenoxy) is 1. The molecule has 32 heavy (non-hydrogen) atoms. The van der Waals surface area contributed by atoms with Crippen molar-refractivity contribution in [1.29, 1.82) is 0 Å². The fourth-order valence-electron chi connectivity index (χ4n) is 3.93. The van der Waals surface area contributed by atoms with Crippen molar-refractivity contribution < 1.29 is 4.74 Å². The van der Waals surface area contributed by atoms with Crippen LogP contribution in [0.15, 0.2) is 83.0 Å². The summed E-state index contributed by atoms with van der Waals surface area (Å²) < 4.78 is 5.38. The van der Waals surface area contributed by atoms with E-state index < -0.39 is 10.9 Å². The Labute approximate surface area is 183 Å². The van der Waals surface area contributed by atoms with E-state index in [1.165, 1.54) is 6.07 Å². The van der Waals surface area contributed by atoms with Gasteiger partial charge in [-0.1, -0.05) is 30.9 Å². The predicted octanol–water partition coefficient (Wildman–Crippen LogP) is 4.37. The average Bonchev–Trinajstić information content (AvgIpc) is 2.84. The Bertz CT molecular complexity index is 1560. The molecular formula is C26H19N3O3. The number of pyridine rings is 2. The van der Waals surface area contributed by atoms with Gasteiger partial charge in [-0.25, -0.2) is 0 Å². The van der Waals surface area contributed by atoms with Crippen LogP contribution in [0.1, 0.15) is 11.3 Å². The van der Waals surface area contributed by atoms with E-state index in [2.05, 4.69) is 11.6 Å². The van der Waals surface area contributed by atoms with Crippen molar-refractivity contribution in [2.24, 2.45) is 0 Å². The maximum Gasteiger partial charge on any atom is 0.249 e. The molecule has 3 aromatic carbocycles. The van der Waals surface area contributed by atoms with E-state index in [1.807, 2.05) is 59.5 Å². The molecule has 6 nitrogen and oxygen atoms in total. The van der Waals surface area contributed by atoms with Crippen LogP contribution in [0.5, 0.6) is 5.75 Å². The first-order valence-corrected chi connectivity index (χ1v) is 10.1. The van der Waals surface area contributed by atoms with Gasteiger partial charge in [0.2, 0.25) is 10.9 Å². The normalized spacial score (nSPS) is 11.2. The summed E-state index contributed by atoms with van der Waals surface area (Å²) in [5, 5.41) is 1.82. The van der Waals surface area contributed by atoms with Crippen LogP contribution < -0.4 is 20.5 Å². The molecule has 0 fully saturated rings. The summed E-state index contributed by atoms with van der Waals surface area (Å²) in [6, 6.07) is 18.6. The Morgan fingerprint density at radius 1 is 0.969 bits per heavy atom. The van der Waals surface area contributed by atoms with E-state index >= 15 is 0 Å². The van der Waals surface area contributed by atoms with E-state index in [9.17, 15) is 9.59 Å². The van der Waals surface area contributed by atoms with E-state index in [0.717, 1.165) is 38.8 Å². The second kappa shape index (κ2) is 7.74. The third kappa shape index (κ3) is 3.22. The Balaban J connectivity index is 1.65. The highest BCUT2D eigenvalue weighted by atomic mass is 16.5. The predicted molar refractivity (Wildman–Crippen MR) is 127 cm³/mol. The molecule has 5 rings (SSSR count). The molecule has 0 bridgehead atoms. The summed E-state index contributed by atoms with van der Waals surface area (Å²) in [7, 11) is 1.60. The van der Waals surface area contributed by atoms with Crippen LogP contribution in [0, 0.1) is 0 Å². The van der Waals surface area contributed by atoms with Crippen LogP contribution in [0.4, 0.5) is 11.4 Å². The lowest BCUT2D eigenvalue weighted by molar-refractivity contribution is 0.415. The van der Waals surface area contributed by atoms with Crippen LogP contribution >= 0.6 is 0 Å².